The fraction of sp³-hybridized carbons (Fsp3) is 0.381. The van der Waals surface area contributed by atoms with Gasteiger partial charge in [-0.3, -0.25) is 4.79 Å². The highest BCUT2D eigenvalue weighted by atomic mass is 35.5. The first kappa shape index (κ1) is 18.9. The number of carbonyl (C=O) groups is 1. The van der Waals surface area contributed by atoms with Gasteiger partial charge in [0, 0.05) is 19.0 Å². The molecule has 138 valence electrons. The third kappa shape index (κ3) is 4.09. The quantitative estimate of drug-likeness (QED) is 0.864. The molecule has 26 heavy (non-hydrogen) atoms. The van der Waals surface area contributed by atoms with E-state index < -0.39 is 11.5 Å². The molecule has 0 aliphatic carbocycles. The smallest absolute Gasteiger partial charge is 0.255 e. The normalized spacial score (nSPS) is 18.1. The minimum absolute atomic E-state index is 0.203. The molecule has 0 unspecified atom stereocenters. The highest BCUT2D eigenvalue weighted by Gasteiger charge is 2.27. The number of anilines is 1. The van der Waals surface area contributed by atoms with E-state index in [1.165, 1.54) is 30.5 Å². The van der Waals surface area contributed by atoms with Crippen molar-refractivity contribution in [2.24, 2.45) is 0 Å². The molecule has 0 aromatic heterocycles. The largest absolute Gasteiger partial charge is 0.381 e. The molecule has 5 heteroatoms. The summed E-state index contributed by atoms with van der Waals surface area (Å²) in [6.45, 7) is 4.78. The van der Waals surface area contributed by atoms with Gasteiger partial charge in [0.1, 0.15) is 5.60 Å². The van der Waals surface area contributed by atoms with Crippen LogP contribution in [0.2, 0.25) is 5.02 Å². The number of benzene rings is 2. The Morgan fingerprint density at radius 1 is 1.27 bits per heavy atom. The standard InChI is InChI=1S/C21H25ClN2O2/c1-21(2,26)20(25)23-19-12-16-15(11-18(19)22)9-10-24(3)13-17(16)14-7-5-4-6-8-14/h4-8,11-12,17,26H,9-10,13H2,1-3H3,(H,23,25)/t17-/m1/s1. The van der Waals surface area contributed by atoms with Crippen LogP contribution in [-0.2, 0) is 11.2 Å². The maximum Gasteiger partial charge on any atom is 0.255 e. The van der Waals surface area contributed by atoms with Crippen LogP contribution < -0.4 is 5.32 Å². The Bertz CT molecular complexity index is 800. The molecule has 4 nitrogen and oxygen atoms in total. The number of rotatable bonds is 3. The van der Waals surface area contributed by atoms with Crippen LogP contribution in [0.1, 0.15) is 36.5 Å². The summed E-state index contributed by atoms with van der Waals surface area (Å²) in [5.41, 5.74) is 2.70. The second-order valence-electron chi connectivity index (χ2n) is 7.52. The van der Waals surface area contributed by atoms with Crippen molar-refractivity contribution in [3.63, 3.8) is 0 Å². The van der Waals surface area contributed by atoms with E-state index in [-0.39, 0.29) is 5.92 Å². The molecule has 2 aromatic carbocycles. The minimum atomic E-state index is -1.46. The number of nitrogens with one attached hydrogen (secondary N) is 1. The Balaban J connectivity index is 2.05. The highest BCUT2D eigenvalue weighted by Crippen LogP contribution is 2.36. The predicted octanol–water partition coefficient (Wildman–Crippen LogP) is 3.67. The maximum atomic E-state index is 12.2. The topological polar surface area (TPSA) is 52.6 Å². The predicted molar refractivity (Wildman–Crippen MR) is 106 cm³/mol. The van der Waals surface area contributed by atoms with Crippen LogP contribution in [-0.4, -0.2) is 41.7 Å². The molecular formula is C21H25ClN2O2. The van der Waals surface area contributed by atoms with Crippen molar-refractivity contribution in [2.45, 2.75) is 31.8 Å². The van der Waals surface area contributed by atoms with E-state index in [9.17, 15) is 9.90 Å². The maximum absolute atomic E-state index is 12.2. The van der Waals surface area contributed by atoms with Gasteiger partial charge in [-0.1, -0.05) is 41.9 Å². The first-order valence-electron chi connectivity index (χ1n) is 8.85. The molecule has 1 atom stereocenters. The number of carbonyl (C=O) groups excluding carboxylic acids is 1. The minimum Gasteiger partial charge on any atom is -0.381 e. The molecule has 0 saturated heterocycles. The Hall–Kier alpha value is -1.88. The van der Waals surface area contributed by atoms with Crippen LogP contribution in [0, 0.1) is 0 Å². The van der Waals surface area contributed by atoms with Crippen molar-refractivity contribution >= 4 is 23.2 Å². The summed E-state index contributed by atoms with van der Waals surface area (Å²) in [4.78, 5) is 14.5. The van der Waals surface area contributed by atoms with Gasteiger partial charge < -0.3 is 15.3 Å². The molecule has 1 aliphatic heterocycles. The number of amides is 1. The highest BCUT2D eigenvalue weighted by molar-refractivity contribution is 6.33. The zero-order valence-electron chi connectivity index (χ0n) is 15.4. The lowest BCUT2D eigenvalue weighted by Gasteiger charge is -2.23. The van der Waals surface area contributed by atoms with E-state index in [4.69, 9.17) is 11.6 Å². The first-order valence-corrected chi connectivity index (χ1v) is 9.23. The third-order valence-corrected chi connectivity index (χ3v) is 5.18. The summed E-state index contributed by atoms with van der Waals surface area (Å²) in [5, 5.41) is 13.2. The van der Waals surface area contributed by atoms with Gasteiger partial charge in [0.05, 0.1) is 10.7 Å². The number of fused-ring (bicyclic) bond motifs is 1. The molecular weight excluding hydrogens is 348 g/mol. The van der Waals surface area contributed by atoms with E-state index in [1.807, 2.05) is 30.3 Å². The van der Waals surface area contributed by atoms with E-state index in [0.29, 0.717) is 10.7 Å². The zero-order valence-corrected chi connectivity index (χ0v) is 16.2. The Kier molecular flexibility index (Phi) is 5.37. The third-order valence-electron chi connectivity index (χ3n) is 4.87. The lowest BCUT2D eigenvalue weighted by Crippen LogP contribution is -2.36. The molecule has 0 fully saturated rings. The van der Waals surface area contributed by atoms with Crippen LogP contribution in [0.25, 0.3) is 0 Å². The number of likely N-dealkylation sites (N-methyl/N-ethyl adjacent to an activating group) is 1. The molecule has 2 aromatic rings. The molecule has 0 spiro atoms. The van der Waals surface area contributed by atoms with Gasteiger partial charge >= 0.3 is 0 Å². The van der Waals surface area contributed by atoms with E-state index in [1.54, 1.807) is 0 Å². The molecule has 0 saturated carbocycles. The lowest BCUT2D eigenvalue weighted by molar-refractivity contribution is -0.130. The van der Waals surface area contributed by atoms with Crippen molar-refractivity contribution in [3.05, 3.63) is 64.2 Å². The van der Waals surface area contributed by atoms with Gasteiger partial charge in [-0.05, 0) is 56.1 Å². The number of hydrogen-bond acceptors (Lipinski definition) is 3. The second-order valence-corrected chi connectivity index (χ2v) is 7.93. The zero-order chi connectivity index (χ0) is 18.9. The van der Waals surface area contributed by atoms with Crippen molar-refractivity contribution in [1.82, 2.24) is 4.90 Å². The summed E-state index contributed by atoms with van der Waals surface area (Å²) in [5.74, 6) is -0.268. The van der Waals surface area contributed by atoms with Crippen LogP contribution in [0.15, 0.2) is 42.5 Å². The van der Waals surface area contributed by atoms with Crippen molar-refractivity contribution in [1.29, 1.82) is 0 Å². The van der Waals surface area contributed by atoms with Crippen LogP contribution in [0.4, 0.5) is 5.69 Å². The van der Waals surface area contributed by atoms with E-state index >= 15 is 0 Å². The van der Waals surface area contributed by atoms with Crippen LogP contribution in [0.5, 0.6) is 0 Å². The number of halogens is 1. The lowest BCUT2D eigenvalue weighted by atomic mass is 9.87. The fourth-order valence-electron chi connectivity index (χ4n) is 3.33. The van der Waals surface area contributed by atoms with Crippen LogP contribution in [0.3, 0.4) is 0 Å². The van der Waals surface area contributed by atoms with Gasteiger partial charge in [0.2, 0.25) is 0 Å². The van der Waals surface area contributed by atoms with Crippen molar-refractivity contribution in [3.8, 4) is 0 Å². The summed E-state index contributed by atoms with van der Waals surface area (Å²) in [6, 6.07) is 14.3. The SMILES string of the molecule is CN1CCc2cc(Cl)c(NC(=O)C(C)(C)O)cc2[C@@H](c2ccccc2)C1. The van der Waals surface area contributed by atoms with Gasteiger partial charge in [-0.2, -0.15) is 0 Å². The summed E-state index contributed by atoms with van der Waals surface area (Å²) >= 11 is 6.43. The molecule has 0 radical (unpaired) electrons. The summed E-state index contributed by atoms with van der Waals surface area (Å²) < 4.78 is 0. The van der Waals surface area contributed by atoms with Gasteiger partial charge in [0.25, 0.3) is 5.91 Å². The average molecular weight is 373 g/mol. The Labute approximate surface area is 159 Å². The average Bonchev–Trinajstić information content (AvgIpc) is 2.74. The molecule has 1 heterocycles. The number of nitrogens with zero attached hydrogens (tertiary/aromatic N) is 1. The Morgan fingerprint density at radius 3 is 2.62 bits per heavy atom. The fourth-order valence-corrected chi connectivity index (χ4v) is 3.56. The monoisotopic (exact) mass is 372 g/mol. The first-order chi connectivity index (χ1) is 12.3. The number of hydrogen-bond donors (Lipinski definition) is 2. The summed E-state index contributed by atoms with van der Waals surface area (Å²) in [6.07, 6.45) is 0.911. The second kappa shape index (κ2) is 7.39. The summed E-state index contributed by atoms with van der Waals surface area (Å²) in [7, 11) is 2.13. The van der Waals surface area contributed by atoms with Gasteiger partial charge in [-0.15, -0.1) is 0 Å². The van der Waals surface area contributed by atoms with E-state index in [2.05, 4.69) is 29.4 Å². The van der Waals surface area contributed by atoms with Crippen LogP contribution >= 0.6 is 11.6 Å². The molecule has 1 aliphatic rings. The molecule has 0 bridgehead atoms. The Morgan fingerprint density at radius 2 is 1.96 bits per heavy atom. The van der Waals surface area contributed by atoms with Crippen molar-refractivity contribution in [2.75, 3.05) is 25.5 Å². The number of aliphatic hydroxyl groups is 1. The van der Waals surface area contributed by atoms with Gasteiger partial charge in [-0.25, -0.2) is 0 Å². The van der Waals surface area contributed by atoms with E-state index in [0.717, 1.165) is 19.5 Å². The molecule has 1 amide bonds. The van der Waals surface area contributed by atoms with Crippen molar-refractivity contribution < 1.29 is 9.90 Å². The van der Waals surface area contributed by atoms with Gasteiger partial charge in [0.15, 0.2) is 0 Å². The molecule has 3 rings (SSSR count). The molecule has 2 N–H and O–H groups in total.